The molecule has 116 valence electrons. The number of amides is 1. The molecule has 0 radical (unpaired) electrons. The van der Waals surface area contributed by atoms with Crippen LogP contribution in [0.15, 0.2) is 59.1 Å². The lowest BCUT2D eigenvalue weighted by Gasteiger charge is -2.13. The van der Waals surface area contributed by atoms with E-state index in [0.29, 0.717) is 11.4 Å². The van der Waals surface area contributed by atoms with Gasteiger partial charge in [-0.15, -0.1) is 5.10 Å². The molecule has 0 bridgehead atoms. The van der Waals surface area contributed by atoms with Gasteiger partial charge in [0.1, 0.15) is 0 Å². The summed E-state index contributed by atoms with van der Waals surface area (Å²) in [7, 11) is 0. The van der Waals surface area contributed by atoms with Crippen molar-refractivity contribution in [2.75, 3.05) is 0 Å². The molecule has 3 aromatic rings. The number of nitrogens with one attached hydrogen (secondary N) is 1. The van der Waals surface area contributed by atoms with Crippen LogP contribution >= 0.6 is 15.9 Å². The summed E-state index contributed by atoms with van der Waals surface area (Å²) in [4.78, 5) is 12.2. The van der Waals surface area contributed by atoms with E-state index >= 15 is 0 Å². The zero-order valence-corrected chi connectivity index (χ0v) is 13.9. The summed E-state index contributed by atoms with van der Waals surface area (Å²) in [5.41, 5.74) is 1.43. The van der Waals surface area contributed by atoms with Crippen LogP contribution in [-0.4, -0.2) is 26.1 Å². The fraction of sp³-hybridized carbons (Fsp3) is 0.125. The Labute approximate surface area is 141 Å². The van der Waals surface area contributed by atoms with Crippen LogP contribution in [0.3, 0.4) is 0 Å². The normalized spacial score (nSPS) is 11.9. The van der Waals surface area contributed by atoms with Crippen LogP contribution in [0.25, 0.3) is 5.69 Å². The van der Waals surface area contributed by atoms with Gasteiger partial charge >= 0.3 is 0 Å². The van der Waals surface area contributed by atoms with E-state index in [1.54, 1.807) is 16.8 Å². The minimum Gasteiger partial charge on any atom is -0.342 e. The van der Waals surface area contributed by atoms with Gasteiger partial charge in [-0.2, -0.15) is 4.68 Å². The van der Waals surface area contributed by atoms with Gasteiger partial charge in [0.25, 0.3) is 5.91 Å². The third-order valence-electron chi connectivity index (χ3n) is 3.34. The summed E-state index contributed by atoms with van der Waals surface area (Å²) < 4.78 is 2.59. The third kappa shape index (κ3) is 3.45. The van der Waals surface area contributed by atoms with Gasteiger partial charge in [0, 0.05) is 10.0 Å². The highest BCUT2D eigenvalue weighted by Gasteiger charge is 2.18. The molecule has 0 saturated carbocycles. The number of carbonyl (C=O) groups excluding carboxylic acids is 1. The Bertz CT molecular complexity index is 801. The van der Waals surface area contributed by atoms with Crippen molar-refractivity contribution in [2.45, 2.75) is 13.0 Å². The highest BCUT2D eigenvalue weighted by molar-refractivity contribution is 9.10. The van der Waals surface area contributed by atoms with Crippen molar-refractivity contribution in [3.05, 3.63) is 70.5 Å². The molecule has 0 saturated heterocycles. The molecule has 7 heteroatoms. The molecule has 6 nitrogen and oxygen atoms in total. The minimum absolute atomic E-state index is 0.163. The number of halogens is 1. The molecular formula is C16H14BrN5O. The smallest absolute Gasteiger partial charge is 0.251 e. The number of aromatic nitrogens is 4. The maximum absolute atomic E-state index is 12.2. The number of hydrogen-bond acceptors (Lipinski definition) is 4. The second-order valence-electron chi connectivity index (χ2n) is 4.99. The van der Waals surface area contributed by atoms with Crippen molar-refractivity contribution in [1.82, 2.24) is 25.5 Å². The van der Waals surface area contributed by atoms with Gasteiger partial charge in [0.15, 0.2) is 5.82 Å². The largest absolute Gasteiger partial charge is 0.342 e. The van der Waals surface area contributed by atoms with Crippen LogP contribution in [0, 0.1) is 0 Å². The molecule has 0 aliphatic rings. The Morgan fingerprint density at radius 3 is 2.52 bits per heavy atom. The first-order chi connectivity index (χ1) is 11.1. The van der Waals surface area contributed by atoms with E-state index < -0.39 is 0 Å². The topological polar surface area (TPSA) is 72.7 Å². The number of nitrogens with zero attached hydrogens (tertiary/aromatic N) is 4. The maximum Gasteiger partial charge on any atom is 0.251 e. The first kappa shape index (κ1) is 15.4. The summed E-state index contributed by atoms with van der Waals surface area (Å²) >= 11 is 3.40. The molecule has 1 amide bonds. The van der Waals surface area contributed by atoms with E-state index in [9.17, 15) is 4.79 Å². The van der Waals surface area contributed by atoms with E-state index in [1.165, 1.54) is 0 Å². The molecule has 1 heterocycles. The number of benzene rings is 2. The molecule has 1 N–H and O–H groups in total. The lowest BCUT2D eigenvalue weighted by atomic mass is 10.2. The number of tetrazole rings is 1. The fourth-order valence-corrected chi connectivity index (χ4v) is 2.43. The molecule has 1 atom stereocenters. The van der Waals surface area contributed by atoms with Crippen molar-refractivity contribution in [1.29, 1.82) is 0 Å². The Balaban J connectivity index is 1.81. The van der Waals surface area contributed by atoms with E-state index in [-0.39, 0.29) is 11.9 Å². The van der Waals surface area contributed by atoms with Crippen molar-refractivity contribution in [2.24, 2.45) is 0 Å². The highest BCUT2D eigenvalue weighted by atomic mass is 79.9. The summed E-state index contributed by atoms with van der Waals surface area (Å²) in [5.74, 6) is 0.403. The average molecular weight is 372 g/mol. The van der Waals surface area contributed by atoms with Gasteiger partial charge in [-0.25, -0.2) is 0 Å². The van der Waals surface area contributed by atoms with Crippen molar-refractivity contribution in [3.63, 3.8) is 0 Å². The van der Waals surface area contributed by atoms with Crippen molar-refractivity contribution < 1.29 is 4.79 Å². The van der Waals surface area contributed by atoms with Gasteiger partial charge in [-0.3, -0.25) is 4.79 Å². The van der Waals surface area contributed by atoms with Gasteiger partial charge in [0.2, 0.25) is 0 Å². The van der Waals surface area contributed by atoms with Crippen LogP contribution in [0.4, 0.5) is 0 Å². The van der Waals surface area contributed by atoms with E-state index in [4.69, 9.17) is 0 Å². The van der Waals surface area contributed by atoms with Crippen LogP contribution < -0.4 is 5.32 Å². The lowest BCUT2D eigenvalue weighted by Crippen LogP contribution is -2.28. The van der Waals surface area contributed by atoms with Crippen LogP contribution in [0.2, 0.25) is 0 Å². The molecule has 23 heavy (non-hydrogen) atoms. The van der Waals surface area contributed by atoms with E-state index in [0.717, 1.165) is 10.2 Å². The molecule has 3 rings (SSSR count). The van der Waals surface area contributed by atoms with Gasteiger partial charge in [-0.05, 0) is 53.7 Å². The molecule has 1 unspecified atom stereocenters. The van der Waals surface area contributed by atoms with Gasteiger partial charge in [-0.1, -0.05) is 34.1 Å². The monoisotopic (exact) mass is 371 g/mol. The van der Waals surface area contributed by atoms with Gasteiger partial charge in [0.05, 0.1) is 11.7 Å². The van der Waals surface area contributed by atoms with Crippen LogP contribution in [-0.2, 0) is 0 Å². The lowest BCUT2D eigenvalue weighted by molar-refractivity contribution is 0.0938. The molecule has 2 aromatic carbocycles. The standard InChI is InChI=1S/C16H14BrN5O/c1-11(18-16(23)12-5-3-2-4-6-12)15-19-20-21-22(15)14-9-7-13(17)8-10-14/h2-11H,1H3,(H,18,23). The molecule has 0 aliphatic carbocycles. The molecule has 0 aliphatic heterocycles. The predicted molar refractivity (Wildman–Crippen MR) is 89.2 cm³/mol. The predicted octanol–water partition coefficient (Wildman–Crippen LogP) is 2.92. The Kier molecular flexibility index (Phi) is 4.47. The minimum atomic E-state index is -0.332. The second kappa shape index (κ2) is 6.70. The average Bonchev–Trinajstić information content (AvgIpc) is 3.06. The number of carbonyl (C=O) groups is 1. The van der Waals surface area contributed by atoms with Crippen LogP contribution in [0.1, 0.15) is 29.1 Å². The quantitative estimate of drug-likeness (QED) is 0.765. The van der Waals surface area contributed by atoms with Crippen LogP contribution in [0.5, 0.6) is 0 Å². The Morgan fingerprint density at radius 1 is 1.13 bits per heavy atom. The highest BCUT2D eigenvalue weighted by Crippen LogP contribution is 2.17. The number of rotatable bonds is 4. The first-order valence-corrected chi connectivity index (χ1v) is 7.84. The molecule has 0 fully saturated rings. The molecule has 1 aromatic heterocycles. The zero-order chi connectivity index (χ0) is 16.2. The molecule has 0 spiro atoms. The summed E-state index contributed by atoms with van der Waals surface area (Å²) in [6.45, 7) is 1.85. The maximum atomic E-state index is 12.2. The number of hydrogen-bond donors (Lipinski definition) is 1. The van der Waals surface area contributed by atoms with Gasteiger partial charge < -0.3 is 5.32 Å². The fourth-order valence-electron chi connectivity index (χ4n) is 2.16. The van der Waals surface area contributed by atoms with Crippen molar-refractivity contribution >= 4 is 21.8 Å². The molecular weight excluding hydrogens is 358 g/mol. The second-order valence-corrected chi connectivity index (χ2v) is 5.90. The first-order valence-electron chi connectivity index (χ1n) is 7.05. The summed E-state index contributed by atoms with van der Waals surface area (Å²) in [6, 6.07) is 16.3. The summed E-state index contributed by atoms with van der Waals surface area (Å²) in [6.07, 6.45) is 0. The van der Waals surface area contributed by atoms with E-state index in [2.05, 4.69) is 36.8 Å². The summed E-state index contributed by atoms with van der Waals surface area (Å²) in [5, 5.41) is 14.7. The van der Waals surface area contributed by atoms with Crippen molar-refractivity contribution in [3.8, 4) is 5.69 Å². The Hall–Kier alpha value is -2.54. The third-order valence-corrected chi connectivity index (χ3v) is 3.86. The Morgan fingerprint density at radius 2 is 1.83 bits per heavy atom. The zero-order valence-electron chi connectivity index (χ0n) is 12.3. The SMILES string of the molecule is CC(NC(=O)c1ccccc1)c1nnnn1-c1ccc(Br)cc1. The van der Waals surface area contributed by atoms with E-state index in [1.807, 2.05) is 49.4 Å².